The number of ether oxygens (including phenoxy) is 4. The van der Waals surface area contributed by atoms with Crippen molar-refractivity contribution in [2.24, 2.45) is 5.92 Å². The highest BCUT2D eigenvalue weighted by Gasteiger charge is 2.50. The summed E-state index contributed by atoms with van der Waals surface area (Å²) in [7, 11) is 0. The lowest BCUT2D eigenvalue weighted by molar-refractivity contribution is -0.223. The van der Waals surface area contributed by atoms with Crippen LogP contribution in [0.3, 0.4) is 0 Å². The average Bonchev–Trinajstić information content (AvgIpc) is 2.78. The van der Waals surface area contributed by atoms with Crippen molar-refractivity contribution in [3.8, 4) is 0 Å². The molecule has 5 heteroatoms. The molecule has 19 heavy (non-hydrogen) atoms. The van der Waals surface area contributed by atoms with E-state index in [4.69, 9.17) is 18.9 Å². The molecule has 2 aliphatic heterocycles. The molecule has 2 aliphatic rings. The van der Waals surface area contributed by atoms with E-state index in [2.05, 4.69) is 13.8 Å². The molecule has 0 aromatic rings. The molecular formula is C14H26O5. The Labute approximate surface area is 115 Å². The highest BCUT2D eigenvalue weighted by Crippen LogP contribution is 2.38. The first-order valence-electron chi connectivity index (χ1n) is 7.10. The molecule has 5 atom stereocenters. The molecule has 2 saturated heterocycles. The van der Waals surface area contributed by atoms with E-state index < -0.39 is 5.79 Å². The fourth-order valence-electron chi connectivity index (χ4n) is 2.46. The second-order valence-corrected chi connectivity index (χ2v) is 6.26. The monoisotopic (exact) mass is 274 g/mol. The summed E-state index contributed by atoms with van der Waals surface area (Å²) in [4.78, 5) is 0. The van der Waals surface area contributed by atoms with E-state index in [1.807, 2.05) is 20.8 Å². The van der Waals surface area contributed by atoms with Gasteiger partial charge in [0.05, 0.1) is 18.8 Å². The van der Waals surface area contributed by atoms with Crippen LogP contribution in [0.1, 0.15) is 41.0 Å². The number of rotatable bonds is 5. The second kappa shape index (κ2) is 5.66. The minimum absolute atomic E-state index is 0.0510. The summed E-state index contributed by atoms with van der Waals surface area (Å²) in [6, 6.07) is 0. The van der Waals surface area contributed by atoms with Crippen LogP contribution < -0.4 is 0 Å². The summed E-state index contributed by atoms with van der Waals surface area (Å²) in [5, 5.41) is 9.50. The Morgan fingerprint density at radius 3 is 2.47 bits per heavy atom. The van der Waals surface area contributed by atoms with Crippen molar-refractivity contribution in [1.82, 2.24) is 0 Å². The lowest BCUT2D eigenvalue weighted by Gasteiger charge is -2.28. The lowest BCUT2D eigenvalue weighted by Crippen LogP contribution is -2.38. The minimum Gasteiger partial charge on any atom is -0.394 e. The van der Waals surface area contributed by atoms with Gasteiger partial charge in [0.25, 0.3) is 0 Å². The van der Waals surface area contributed by atoms with E-state index in [-0.39, 0.29) is 37.3 Å². The van der Waals surface area contributed by atoms with Crippen LogP contribution in [0.2, 0.25) is 0 Å². The van der Waals surface area contributed by atoms with Crippen molar-refractivity contribution in [2.75, 3.05) is 6.61 Å². The Bertz CT molecular complexity index is 288. The van der Waals surface area contributed by atoms with Crippen LogP contribution in [0.5, 0.6) is 0 Å². The van der Waals surface area contributed by atoms with Crippen molar-refractivity contribution < 1.29 is 24.1 Å². The second-order valence-electron chi connectivity index (χ2n) is 6.26. The van der Waals surface area contributed by atoms with Gasteiger partial charge >= 0.3 is 0 Å². The Balaban J connectivity index is 1.89. The Hall–Kier alpha value is -0.200. The molecule has 5 nitrogen and oxygen atoms in total. The molecule has 0 aromatic carbocycles. The van der Waals surface area contributed by atoms with Gasteiger partial charge in [-0.2, -0.15) is 0 Å². The Morgan fingerprint density at radius 2 is 1.95 bits per heavy atom. The molecular weight excluding hydrogens is 248 g/mol. The average molecular weight is 274 g/mol. The quantitative estimate of drug-likeness (QED) is 0.826. The van der Waals surface area contributed by atoms with E-state index in [1.165, 1.54) is 0 Å². The normalized spacial score (nSPS) is 36.5. The molecule has 2 heterocycles. The van der Waals surface area contributed by atoms with Crippen LogP contribution in [0.15, 0.2) is 0 Å². The third-order valence-corrected chi connectivity index (χ3v) is 3.84. The maximum Gasteiger partial charge on any atom is 0.187 e. The first kappa shape index (κ1) is 15.2. The summed E-state index contributed by atoms with van der Waals surface area (Å²) in [5.41, 5.74) is 0. The number of hydrogen-bond donors (Lipinski definition) is 1. The van der Waals surface area contributed by atoms with Crippen molar-refractivity contribution >= 4 is 0 Å². The van der Waals surface area contributed by atoms with Gasteiger partial charge in [0, 0.05) is 6.42 Å². The van der Waals surface area contributed by atoms with Gasteiger partial charge in [-0.3, -0.25) is 0 Å². The van der Waals surface area contributed by atoms with Gasteiger partial charge in [-0.25, -0.2) is 0 Å². The topological polar surface area (TPSA) is 57.2 Å². The molecule has 0 radical (unpaired) electrons. The van der Waals surface area contributed by atoms with E-state index in [1.54, 1.807) is 0 Å². The Kier molecular flexibility index (Phi) is 4.52. The van der Waals surface area contributed by atoms with Crippen LogP contribution in [0.4, 0.5) is 0 Å². The van der Waals surface area contributed by atoms with Crippen molar-refractivity contribution in [2.45, 2.75) is 77.5 Å². The zero-order chi connectivity index (χ0) is 14.2. The molecule has 0 aromatic heterocycles. The summed E-state index contributed by atoms with van der Waals surface area (Å²) in [6.45, 7) is 9.91. The smallest absolute Gasteiger partial charge is 0.187 e. The molecule has 1 N–H and O–H groups in total. The van der Waals surface area contributed by atoms with Crippen LogP contribution in [0.25, 0.3) is 0 Å². The van der Waals surface area contributed by atoms with Gasteiger partial charge in [-0.1, -0.05) is 13.8 Å². The molecule has 0 saturated carbocycles. The van der Waals surface area contributed by atoms with Crippen molar-refractivity contribution in [3.63, 3.8) is 0 Å². The fourth-order valence-corrected chi connectivity index (χ4v) is 2.46. The zero-order valence-electron chi connectivity index (χ0n) is 12.5. The van der Waals surface area contributed by atoms with Crippen LogP contribution in [0, 0.1) is 5.92 Å². The third-order valence-electron chi connectivity index (χ3n) is 3.84. The van der Waals surface area contributed by atoms with E-state index in [0.717, 1.165) is 0 Å². The number of aliphatic hydroxyl groups is 1. The van der Waals surface area contributed by atoms with Gasteiger partial charge in [0.2, 0.25) is 0 Å². The fraction of sp³-hybridized carbons (Fsp3) is 1.00. The minimum atomic E-state index is -0.582. The van der Waals surface area contributed by atoms with Gasteiger partial charge in [-0.05, 0) is 26.7 Å². The van der Waals surface area contributed by atoms with Crippen molar-refractivity contribution in [1.29, 1.82) is 0 Å². The van der Waals surface area contributed by atoms with Crippen LogP contribution >= 0.6 is 0 Å². The number of aliphatic hydroxyl groups excluding tert-OH is 1. The molecule has 0 spiro atoms. The standard InChI is InChI=1S/C14H26O5/c1-8(2)9(3)16-12(7-15)10-6-11-13(17-10)19-14(4,5)18-11/h8-13,15H,6-7H2,1-5H3. The summed E-state index contributed by atoms with van der Waals surface area (Å²) < 4.78 is 23.1. The molecule has 2 fully saturated rings. The van der Waals surface area contributed by atoms with Gasteiger partial charge in [0.15, 0.2) is 12.1 Å². The summed E-state index contributed by atoms with van der Waals surface area (Å²) in [6.07, 6.45) is -0.112. The maximum absolute atomic E-state index is 9.50. The molecule has 112 valence electrons. The third kappa shape index (κ3) is 3.47. The summed E-state index contributed by atoms with van der Waals surface area (Å²) in [5.74, 6) is -0.178. The predicted octanol–water partition coefficient (Wildman–Crippen LogP) is 1.67. The first-order valence-corrected chi connectivity index (χ1v) is 7.10. The predicted molar refractivity (Wildman–Crippen MR) is 69.6 cm³/mol. The highest BCUT2D eigenvalue weighted by atomic mass is 16.8. The van der Waals surface area contributed by atoms with Gasteiger partial charge in [-0.15, -0.1) is 0 Å². The SMILES string of the molecule is CC(C)C(C)OC(CO)C1CC2OC(C)(C)OC2O1. The van der Waals surface area contributed by atoms with E-state index in [0.29, 0.717) is 12.3 Å². The van der Waals surface area contributed by atoms with Gasteiger partial charge in [0.1, 0.15) is 12.2 Å². The molecule has 0 aliphatic carbocycles. The lowest BCUT2D eigenvalue weighted by atomic mass is 10.1. The Morgan fingerprint density at radius 1 is 1.26 bits per heavy atom. The van der Waals surface area contributed by atoms with Crippen LogP contribution in [-0.4, -0.2) is 48.2 Å². The highest BCUT2D eigenvalue weighted by molar-refractivity contribution is 4.89. The van der Waals surface area contributed by atoms with Gasteiger partial charge < -0.3 is 24.1 Å². The first-order chi connectivity index (χ1) is 8.82. The van der Waals surface area contributed by atoms with Crippen LogP contribution in [-0.2, 0) is 18.9 Å². The summed E-state index contributed by atoms with van der Waals surface area (Å²) >= 11 is 0. The largest absolute Gasteiger partial charge is 0.394 e. The molecule has 5 unspecified atom stereocenters. The molecule has 0 bridgehead atoms. The molecule has 0 amide bonds. The van der Waals surface area contributed by atoms with E-state index in [9.17, 15) is 5.11 Å². The zero-order valence-corrected chi connectivity index (χ0v) is 12.5. The molecule has 2 rings (SSSR count). The number of fused-ring (bicyclic) bond motifs is 1. The van der Waals surface area contributed by atoms with Crippen molar-refractivity contribution in [3.05, 3.63) is 0 Å². The number of hydrogen-bond acceptors (Lipinski definition) is 5. The maximum atomic E-state index is 9.50. The van der Waals surface area contributed by atoms with E-state index >= 15 is 0 Å².